The van der Waals surface area contributed by atoms with Gasteiger partial charge in [0.05, 0.1) is 11.6 Å². The van der Waals surface area contributed by atoms with Gasteiger partial charge in [0, 0.05) is 55.4 Å². The molecule has 2 fully saturated rings. The Balaban J connectivity index is 0.00000107. The van der Waals surface area contributed by atoms with Crippen molar-refractivity contribution in [3.63, 3.8) is 0 Å². The fourth-order valence-corrected chi connectivity index (χ4v) is 5.59. The van der Waals surface area contributed by atoms with Gasteiger partial charge in [-0.05, 0) is 59.4 Å². The Hall–Kier alpha value is -3.05. The van der Waals surface area contributed by atoms with Gasteiger partial charge in [0.15, 0.2) is 0 Å². The Morgan fingerprint density at radius 2 is 1.85 bits per heavy atom. The van der Waals surface area contributed by atoms with E-state index in [2.05, 4.69) is 32.6 Å². The van der Waals surface area contributed by atoms with E-state index in [4.69, 9.17) is 20.9 Å². The summed E-state index contributed by atoms with van der Waals surface area (Å²) in [7, 11) is 0. The summed E-state index contributed by atoms with van der Waals surface area (Å²) < 4.78 is 5.61. The number of nitriles is 1. The molecule has 0 unspecified atom stereocenters. The topological polar surface area (TPSA) is 148 Å². The number of aromatic nitrogens is 3. The van der Waals surface area contributed by atoms with Crippen LogP contribution in [0.3, 0.4) is 0 Å². The summed E-state index contributed by atoms with van der Waals surface area (Å²) in [6.07, 6.45) is 4.67. The van der Waals surface area contributed by atoms with Crippen molar-refractivity contribution in [3.8, 4) is 6.07 Å². The zero-order valence-corrected chi connectivity index (χ0v) is 26.7. The van der Waals surface area contributed by atoms with Crippen LogP contribution in [0, 0.1) is 16.7 Å². The summed E-state index contributed by atoms with van der Waals surface area (Å²) in [5, 5.41) is 14.9. The number of halogens is 1. The molecule has 40 heavy (non-hydrogen) atoms. The molecule has 3 N–H and O–H groups in total. The van der Waals surface area contributed by atoms with E-state index in [-0.39, 0.29) is 47.6 Å². The number of nitrogens with two attached hydrogens (primary N) is 1. The van der Waals surface area contributed by atoms with Gasteiger partial charge >= 0.3 is 6.09 Å². The molecule has 0 bridgehead atoms. The first-order valence-electron chi connectivity index (χ1n) is 13.4. The summed E-state index contributed by atoms with van der Waals surface area (Å²) in [4.78, 5) is 32.8. The fraction of sp³-hybridized carbons (Fsp3) is 0.571. The zero-order chi connectivity index (χ0) is 29.0. The van der Waals surface area contributed by atoms with Crippen molar-refractivity contribution >= 4 is 54.2 Å². The van der Waals surface area contributed by atoms with Crippen molar-refractivity contribution in [1.29, 1.82) is 10.7 Å². The molecule has 1 saturated carbocycles. The number of nitrogens with one attached hydrogen (secondary N) is 1. The third-order valence-corrected chi connectivity index (χ3v) is 7.07. The number of ether oxygens (including phenoxy) is 1. The van der Waals surface area contributed by atoms with Crippen LogP contribution in [0.4, 0.5) is 22.2 Å². The highest BCUT2D eigenvalue weighted by Gasteiger charge is 2.54. The summed E-state index contributed by atoms with van der Waals surface area (Å²) >= 11 is 0. The first kappa shape index (κ1) is 33.2. The fourth-order valence-electron chi connectivity index (χ4n) is 5.59. The molecule has 12 heteroatoms. The van der Waals surface area contributed by atoms with Crippen LogP contribution >= 0.6 is 24.0 Å². The lowest BCUT2D eigenvalue weighted by molar-refractivity contribution is 0.0158. The third-order valence-electron chi connectivity index (χ3n) is 7.07. The molecule has 2 aromatic rings. The van der Waals surface area contributed by atoms with Gasteiger partial charge in [-0.3, -0.25) is 0 Å². The minimum Gasteiger partial charge on any atom is -0.444 e. The molecule has 2 aromatic heterocycles. The molecule has 11 nitrogen and oxygen atoms in total. The van der Waals surface area contributed by atoms with Gasteiger partial charge in [-0.2, -0.15) is 5.26 Å². The van der Waals surface area contributed by atoms with Gasteiger partial charge in [-0.25, -0.2) is 19.7 Å². The highest BCUT2D eigenvalue weighted by Crippen LogP contribution is 2.55. The molecule has 1 saturated heterocycles. The quantitative estimate of drug-likeness (QED) is 0.347. The second-order valence-corrected chi connectivity index (χ2v) is 10.9. The lowest BCUT2D eigenvalue weighted by Crippen LogP contribution is -2.56. The monoisotopic (exact) mass is 663 g/mol. The maximum atomic E-state index is 12.7. The van der Waals surface area contributed by atoms with Gasteiger partial charge < -0.3 is 30.6 Å². The Bertz CT molecular complexity index is 1210. The molecule has 1 spiro atoms. The van der Waals surface area contributed by atoms with Gasteiger partial charge in [0.25, 0.3) is 0 Å². The number of anilines is 3. The molecule has 218 valence electrons. The number of piperazine rings is 1. The van der Waals surface area contributed by atoms with Crippen LogP contribution < -0.4 is 15.5 Å². The molecule has 3 aliphatic rings. The van der Waals surface area contributed by atoms with Crippen LogP contribution in [-0.2, 0) is 10.2 Å². The number of fused-ring (bicyclic) bond motifs is 2. The predicted octanol–water partition coefficient (Wildman–Crippen LogP) is 4.61. The smallest absolute Gasteiger partial charge is 0.410 e. The van der Waals surface area contributed by atoms with Crippen LogP contribution in [0.25, 0.3) is 0 Å². The molecule has 2 aliphatic heterocycles. The maximum Gasteiger partial charge on any atom is 0.410 e. The highest BCUT2D eigenvalue weighted by molar-refractivity contribution is 14.0. The lowest BCUT2D eigenvalue weighted by atomic mass is 9.63. The lowest BCUT2D eigenvalue weighted by Gasteiger charge is -2.46. The molecule has 0 radical (unpaired) electrons. The van der Waals surface area contributed by atoms with Crippen LogP contribution in [0.5, 0.6) is 0 Å². The third kappa shape index (κ3) is 6.63. The van der Waals surface area contributed by atoms with E-state index >= 15 is 0 Å². The van der Waals surface area contributed by atoms with E-state index in [9.17, 15) is 10.1 Å². The van der Waals surface area contributed by atoms with Gasteiger partial charge in [-0.15, -0.1) is 24.0 Å². The minimum absolute atomic E-state index is 0. The highest BCUT2D eigenvalue weighted by atomic mass is 127. The second-order valence-electron chi connectivity index (χ2n) is 10.9. The Labute approximate surface area is 254 Å². The summed E-state index contributed by atoms with van der Waals surface area (Å²) in [6.45, 7) is 16.7. The summed E-state index contributed by atoms with van der Waals surface area (Å²) in [5.41, 5.74) is 7.26. The number of nitrogens with zero attached hydrogens (tertiary/aromatic N) is 7. The largest absolute Gasteiger partial charge is 0.444 e. The average molecular weight is 664 g/mol. The summed E-state index contributed by atoms with van der Waals surface area (Å²) in [5.74, 6) is 2.43. The van der Waals surface area contributed by atoms with E-state index in [1.165, 1.54) is 0 Å². The predicted molar refractivity (Wildman–Crippen MR) is 168 cm³/mol. The van der Waals surface area contributed by atoms with Crippen molar-refractivity contribution in [3.05, 3.63) is 35.8 Å². The Morgan fingerprint density at radius 1 is 1.20 bits per heavy atom. The summed E-state index contributed by atoms with van der Waals surface area (Å²) in [6, 6.07) is 5.80. The molecule has 1 aliphatic carbocycles. The van der Waals surface area contributed by atoms with Crippen molar-refractivity contribution in [2.75, 3.05) is 36.0 Å². The van der Waals surface area contributed by atoms with Crippen molar-refractivity contribution in [1.82, 2.24) is 19.9 Å². The first-order chi connectivity index (χ1) is 18.6. The van der Waals surface area contributed by atoms with Gasteiger partial charge in [0.2, 0.25) is 0 Å². The number of amides is 1. The van der Waals surface area contributed by atoms with Crippen molar-refractivity contribution in [2.24, 2.45) is 5.73 Å². The van der Waals surface area contributed by atoms with E-state index in [1.807, 2.05) is 41.5 Å². The number of rotatable bonds is 2. The molecule has 5 rings (SSSR count). The average Bonchev–Trinajstić information content (AvgIpc) is 3.25. The van der Waals surface area contributed by atoms with Crippen LogP contribution in [-0.4, -0.2) is 76.5 Å². The van der Waals surface area contributed by atoms with Crippen LogP contribution in [0.2, 0.25) is 0 Å². The molecular weight excluding hydrogens is 621 g/mol. The van der Waals surface area contributed by atoms with E-state index in [0.717, 1.165) is 30.0 Å². The Kier molecular flexibility index (Phi) is 11.2. The van der Waals surface area contributed by atoms with E-state index in [0.29, 0.717) is 37.6 Å². The normalized spacial score (nSPS) is 22.8. The van der Waals surface area contributed by atoms with Crippen molar-refractivity contribution in [2.45, 2.75) is 77.5 Å². The first-order valence-corrected chi connectivity index (χ1v) is 13.4. The molecular formula is C28H42IN9O2. The Morgan fingerprint density at radius 3 is 2.42 bits per heavy atom. The number of carbonyl (C=O) groups excluding carboxylic acids is 1. The molecule has 4 heterocycles. The number of pyridine rings is 1. The number of hydrogen-bond donors (Lipinski definition) is 2. The molecule has 1 atom stereocenters. The molecule has 1 amide bonds. The molecule has 0 aromatic carbocycles. The number of carbonyl (C=O) groups is 1. The van der Waals surface area contributed by atoms with Crippen LogP contribution in [0.15, 0.2) is 24.7 Å². The zero-order valence-electron chi connectivity index (χ0n) is 24.3. The van der Waals surface area contributed by atoms with E-state index < -0.39 is 5.60 Å². The van der Waals surface area contributed by atoms with Gasteiger partial charge in [0.1, 0.15) is 29.4 Å². The number of hydrogen-bond acceptors (Lipinski definition) is 10. The van der Waals surface area contributed by atoms with E-state index in [1.54, 1.807) is 29.6 Å². The van der Waals surface area contributed by atoms with Gasteiger partial charge in [-0.1, -0.05) is 13.8 Å². The van der Waals surface area contributed by atoms with Crippen molar-refractivity contribution < 1.29 is 9.53 Å². The maximum absolute atomic E-state index is 12.7. The second kappa shape index (κ2) is 13.5. The SMILES string of the molecule is C=N.CC.C[C@@H]1CN(c2ncnc3c2C2(CC(N)C2)CN3c2cc(C#N)ccn2)CCN1C(=O)OC(C)(C)C.I. The van der Waals surface area contributed by atoms with Crippen LogP contribution in [0.1, 0.15) is 65.5 Å². The minimum atomic E-state index is -0.531. The standard InChI is InChI=1S/C25H32N8O2.C2H6.CH3N.HI/c1-16-13-31(7-8-32(16)23(34)35-24(2,3)4)21-20-22(30-15-29-21)33(14-25(20)10-18(27)11-25)19-9-17(12-26)5-6-28-19;2*1-2;/h5-6,9,15-16,18H,7-8,10-11,13-14,27H2,1-4H3;1-2H3;2H,1H2;1H/t16-,18?,25?;;;/m1.../s1.